The lowest BCUT2D eigenvalue weighted by atomic mass is 10.1. The van der Waals surface area contributed by atoms with Crippen LogP contribution in [0.15, 0.2) is 36.4 Å². The number of anilines is 1. The summed E-state index contributed by atoms with van der Waals surface area (Å²) in [5.74, 6) is 0.724. The standard InChI is InChI=1S/C15H20N4O2S/c1-12-4-9-15(18-17-12)16-10-13-5-7-14(8-6-13)11-22(20,21)19(2)3/h4-9H,10-11H2,1-3H3,(H,16,18). The lowest BCUT2D eigenvalue weighted by molar-refractivity contribution is 0.519. The van der Waals surface area contributed by atoms with Crippen LogP contribution in [0, 0.1) is 6.92 Å². The van der Waals surface area contributed by atoms with Crippen LogP contribution in [-0.2, 0) is 22.3 Å². The van der Waals surface area contributed by atoms with Crippen molar-refractivity contribution in [2.24, 2.45) is 0 Å². The first kappa shape index (κ1) is 16.4. The Bertz CT molecular complexity index is 710. The minimum atomic E-state index is -3.22. The van der Waals surface area contributed by atoms with Crippen LogP contribution in [0.1, 0.15) is 16.8 Å². The second-order valence-electron chi connectivity index (χ2n) is 5.27. The van der Waals surface area contributed by atoms with E-state index in [2.05, 4.69) is 15.5 Å². The molecule has 0 radical (unpaired) electrons. The summed E-state index contributed by atoms with van der Waals surface area (Å²) in [5.41, 5.74) is 2.69. The molecule has 0 aliphatic rings. The number of nitrogens with zero attached hydrogens (tertiary/aromatic N) is 3. The summed E-state index contributed by atoms with van der Waals surface area (Å²) < 4.78 is 24.9. The fourth-order valence-corrected chi connectivity index (χ4v) is 2.65. The lowest BCUT2D eigenvalue weighted by Gasteiger charge is -2.11. The van der Waals surface area contributed by atoms with Gasteiger partial charge in [0.1, 0.15) is 5.82 Å². The molecule has 1 aromatic heterocycles. The number of hydrogen-bond acceptors (Lipinski definition) is 5. The van der Waals surface area contributed by atoms with Gasteiger partial charge in [-0.1, -0.05) is 24.3 Å². The minimum Gasteiger partial charge on any atom is -0.365 e. The zero-order valence-electron chi connectivity index (χ0n) is 12.9. The third-order valence-corrected chi connectivity index (χ3v) is 5.01. The summed E-state index contributed by atoms with van der Waals surface area (Å²) in [4.78, 5) is 0. The Hall–Kier alpha value is -1.99. The molecule has 0 atom stereocenters. The van der Waals surface area contributed by atoms with Crippen molar-refractivity contribution in [3.8, 4) is 0 Å². The third-order valence-electron chi connectivity index (χ3n) is 3.20. The molecule has 0 aliphatic heterocycles. The first-order chi connectivity index (χ1) is 10.4. The first-order valence-corrected chi connectivity index (χ1v) is 8.50. The summed E-state index contributed by atoms with van der Waals surface area (Å²) in [6.45, 7) is 2.50. The fraction of sp³-hybridized carbons (Fsp3) is 0.333. The van der Waals surface area contributed by atoms with Crippen molar-refractivity contribution in [3.05, 3.63) is 53.2 Å². The monoisotopic (exact) mass is 320 g/mol. The second-order valence-corrected chi connectivity index (χ2v) is 7.45. The summed E-state index contributed by atoms with van der Waals surface area (Å²) in [7, 11) is -0.148. The first-order valence-electron chi connectivity index (χ1n) is 6.89. The van der Waals surface area contributed by atoms with E-state index in [0.717, 1.165) is 16.8 Å². The van der Waals surface area contributed by atoms with Gasteiger partial charge in [0.05, 0.1) is 11.4 Å². The highest BCUT2D eigenvalue weighted by molar-refractivity contribution is 7.88. The van der Waals surface area contributed by atoms with Gasteiger partial charge < -0.3 is 5.32 Å². The summed E-state index contributed by atoms with van der Waals surface area (Å²) in [6, 6.07) is 11.3. The predicted molar refractivity (Wildman–Crippen MR) is 86.8 cm³/mol. The summed E-state index contributed by atoms with van der Waals surface area (Å²) in [5, 5.41) is 11.2. The maximum absolute atomic E-state index is 11.8. The SMILES string of the molecule is Cc1ccc(NCc2ccc(CS(=O)(=O)N(C)C)cc2)nn1. The Morgan fingerprint density at radius 3 is 2.18 bits per heavy atom. The van der Waals surface area contributed by atoms with Crippen molar-refractivity contribution < 1.29 is 8.42 Å². The molecule has 118 valence electrons. The van der Waals surface area contributed by atoms with E-state index in [1.165, 1.54) is 18.4 Å². The van der Waals surface area contributed by atoms with Crippen molar-refractivity contribution in [2.45, 2.75) is 19.2 Å². The highest BCUT2D eigenvalue weighted by Gasteiger charge is 2.14. The predicted octanol–water partition coefficient (Wildman–Crippen LogP) is 1.79. The van der Waals surface area contributed by atoms with E-state index in [0.29, 0.717) is 12.4 Å². The largest absolute Gasteiger partial charge is 0.365 e. The zero-order chi connectivity index (χ0) is 16.2. The van der Waals surface area contributed by atoms with Crippen LogP contribution in [0.4, 0.5) is 5.82 Å². The number of benzene rings is 1. The number of nitrogens with one attached hydrogen (secondary N) is 1. The van der Waals surface area contributed by atoms with Crippen molar-refractivity contribution >= 4 is 15.8 Å². The molecule has 2 rings (SSSR count). The van der Waals surface area contributed by atoms with Gasteiger partial charge in [-0.25, -0.2) is 12.7 Å². The molecule has 0 unspecified atom stereocenters. The van der Waals surface area contributed by atoms with Gasteiger partial charge in [0.25, 0.3) is 0 Å². The average molecular weight is 320 g/mol. The number of sulfonamides is 1. The average Bonchev–Trinajstić information content (AvgIpc) is 2.48. The van der Waals surface area contributed by atoms with Crippen LogP contribution in [0.5, 0.6) is 0 Å². The van der Waals surface area contributed by atoms with Crippen molar-refractivity contribution in [1.82, 2.24) is 14.5 Å². The molecule has 0 aliphatic carbocycles. The molecular formula is C15H20N4O2S. The molecule has 2 aromatic rings. The van der Waals surface area contributed by atoms with E-state index in [-0.39, 0.29) is 5.75 Å². The van der Waals surface area contributed by atoms with Crippen LogP contribution in [0.3, 0.4) is 0 Å². The van der Waals surface area contributed by atoms with Crippen LogP contribution < -0.4 is 5.32 Å². The molecule has 0 saturated heterocycles. The minimum absolute atomic E-state index is 0.0111. The van der Waals surface area contributed by atoms with Gasteiger partial charge in [0.15, 0.2) is 0 Å². The van der Waals surface area contributed by atoms with E-state index in [1.807, 2.05) is 43.3 Å². The van der Waals surface area contributed by atoms with Crippen molar-refractivity contribution in [3.63, 3.8) is 0 Å². The Balaban J connectivity index is 1.96. The van der Waals surface area contributed by atoms with E-state index in [9.17, 15) is 8.42 Å². The van der Waals surface area contributed by atoms with Gasteiger partial charge in [0.2, 0.25) is 10.0 Å². The Morgan fingerprint density at radius 2 is 1.64 bits per heavy atom. The van der Waals surface area contributed by atoms with Gasteiger partial charge in [-0.15, -0.1) is 5.10 Å². The summed E-state index contributed by atoms with van der Waals surface area (Å²) in [6.07, 6.45) is 0. The van der Waals surface area contributed by atoms with Gasteiger partial charge in [-0.2, -0.15) is 5.10 Å². The van der Waals surface area contributed by atoms with Crippen LogP contribution in [0.2, 0.25) is 0 Å². The summed E-state index contributed by atoms with van der Waals surface area (Å²) >= 11 is 0. The molecule has 1 N–H and O–H groups in total. The van der Waals surface area contributed by atoms with Crippen molar-refractivity contribution in [1.29, 1.82) is 0 Å². The van der Waals surface area contributed by atoms with E-state index in [4.69, 9.17) is 0 Å². The number of aryl methyl sites for hydroxylation is 1. The molecule has 0 fully saturated rings. The van der Waals surface area contributed by atoms with Gasteiger partial charge >= 0.3 is 0 Å². The zero-order valence-corrected chi connectivity index (χ0v) is 13.8. The third kappa shape index (κ3) is 4.51. The smallest absolute Gasteiger partial charge is 0.217 e. The van der Waals surface area contributed by atoms with Crippen LogP contribution >= 0.6 is 0 Å². The maximum atomic E-state index is 11.8. The normalized spacial score (nSPS) is 11.6. The molecule has 6 nitrogen and oxygen atoms in total. The van der Waals surface area contributed by atoms with E-state index < -0.39 is 10.0 Å². The van der Waals surface area contributed by atoms with Crippen LogP contribution in [-0.4, -0.2) is 37.0 Å². The quantitative estimate of drug-likeness (QED) is 0.878. The van der Waals surface area contributed by atoms with E-state index >= 15 is 0 Å². The number of aromatic nitrogens is 2. The topological polar surface area (TPSA) is 75.2 Å². The molecule has 0 bridgehead atoms. The Morgan fingerprint density at radius 1 is 1.00 bits per heavy atom. The molecular weight excluding hydrogens is 300 g/mol. The lowest BCUT2D eigenvalue weighted by Crippen LogP contribution is -2.23. The van der Waals surface area contributed by atoms with Gasteiger partial charge in [-0.3, -0.25) is 0 Å². The fourth-order valence-electron chi connectivity index (χ4n) is 1.78. The second kappa shape index (κ2) is 6.85. The molecule has 7 heteroatoms. The molecule has 0 saturated carbocycles. The number of hydrogen-bond donors (Lipinski definition) is 1. The Labute approximate surface area is 131 Å². The number of rotatable bonds is 6. The maximum Gasteiger partial charge on any atom is 0.217 e. The molecule has 0 spiro atoms. The Kier molecular flexibility index (Phi) is 5.10. The van der Waals surface area contributed by atoms with Gasteiger partial charge in [0, 0.05) is 20.6 Å². The molecule has 0 amide bonds. The van der Waals surface area contributed by atoms with Crippen molar-refractivity contribution in [2.75, 3.05) is 19.4 Å². The molecule has 22 heavy (non-hydrogen) atoms. The highest BCUT2D eigenvalue weighted by Crippen LogP contribution is 2.11. The highest BCUT2D eigenvalue weighted by atomic mass is 32.2. The van der Waals surface area contributed by atoms with E-state index in [1.54, 1.807) is 0 Å². The molecule has 1 aromatic carbocycles. The van der Waals surface area contributed by atoms with Crippen LogP contribution in [0.25, 0.3) is 0 Å². The van der Waals surface area contributed by atoms with Gasteiger partial charge in [-0.05, 0) is 30.2 Å². The molecule has 1 heterocycles.